The smallest absolute Gasteiger partial charge is 0.0367 e. The lowest BCUT2D eigenvalue weighted by molar-refractivity contribution is 0.313. The van der Waals surface area contributed by atoms with Crippen LogP contribution in [0.25, 0.3) is 6.08 Å². The molecule has 21 heavy (non-hydrogen) atoms. The van der Waals surface area contributed by atoms with Gasteiger partial charge in [0.25, 0.3) is 0 Å². The number of hydrogen-bond acceptors (Lipinski definition) is 3. The summed E-state index contributed by atoms with van der Waals surface area (Å²) in [4.78, 5) is 6.19. The van der Waals surface area contributed by atoms with E-state index in [-0.39, 0.29) is 0 Å². The van der Waals surface area contributed by atoms with Crippen molar-refractivity contribution in [1.82, 2.24) is 4.90 Å². The fourth-order valence-corrected chi connectivity index (χ4v) is 3.25. The monoisotopic (exact) mass is 298 g/mol. The molecule has 2 nitrogen and oxygen atoms in total. The molecule has 0 atom stereocenters. The Bertz CT molecular complexity index is 564. The van der Waals surface area contributed by atoms with Crippen LogP contribution in [0, 0.1) is 0 Å². The molecular formula is C18H22N2S. The average Bonchev–Trinajstić information content (AvgIpc) is 3.02. The average molecular weight is 298 g/mol. The van der Waals surface area contributed by atoms with Crippen LogP contribution in [-0.4, -0.2) is 38.1 Å². The molecule has 0 radical (unpaired) electrons. The van der Waals surface area contributed by atoms with Gasteiger partial charge in [-0.15, -0.1) is 11.3 Å². The Morgan fingerprint density at radius 3 is 2.48 bits per heavy atom. The molecule has 0 N–H and O–H groups in total. The van der Waals surface area contributed by atoms with Crippen molar-refractivity contribution in [3.8, 4) is 0 Å². The molecule has 1 fully saturated rings. The molecule has 0 unspecified atom stereocenters. The van der Waals surface area contributed by atoms with Crippen LogP contribution in [0.15, 0.2) is 47.9 Å². The van der Waals surface area contributed by atoms with Gasteiger partial charge in [0.05, 0.1) is 0 Å². The van der Waals surface area contributed by atoms with Gasteiger partial charge in [0.15, 0.2) is 0 Å². The fourth-order valence-electron chi connectivity index (χ4n) is 2.60. The second kappa shape index (κ2) is 6.92. The predicted molar refractivity (Wildman–Crippen MR) is 93.2 cm³/mol. The van der Waals surface area contributed by atoms with Gasteiger partial charge in [-0.05, 0) is 48.7 Å². The third-order valence-corrected chi connectivity index (χ3v) is 4.82. The number of anilines is 1. The van der Waals surface area contributed by atoms with Crippen LogP contribution in [0.2, 0.25) is 0 Å². The molecule has 0 amide bonds. The van der Waals surface area contributed by atoms with E-state index >= 15 is 0 Å². The number of hydrogen-bond donors (Lipinski definition) is 0. The zero-order valence-electron chi connectivity index (χ0n) is 12.5. The topological polar surface area (TPSA) is 6.48 Å². The van der Waals surface area contributed by atoms with E-state index in [1.807, 2.05) is 0 Å². The summed E-state index contributed by atoms with van der Waals surface area (Å²) in [6, 6.07) is 13.3. The molecule has 0 spiro atoms. The van der Waals surface area contributed by atoms with Crippen LogP contribution in [0.1, 0.15) is 10.4 Å². The summed E-state index contributed by atoms with van der Waals surface area (Å²) in [5.41, 5.74) is 2.73. The van der Waals surface area contributed by atoms with Crippen LogP contribution in [-0.2, 0) is 6.42 Å². The Kier molecular flexibility index (Phi) is 4.73. The molecule has 0 aliphatic carbocycles. The minimum Gasteiger partial charge on any atom is -0.369 e. The van der Waals surface area contributed by atoms with E-state index in [0.29, 0.717) is 0 Å². The van der Waals surface area contributed by atoms with Gasteiger partial charge in [0.1, 0.15) is 0 Å². The molecule has 1 aromatic carbocycles. The number of likely N-dealkylation sites (N-methyl/N-ethyl adjacent to an activating group) is 1. The van der Waals surface area contributed by atoms with Crippen LogP contribution >= 0.6 is 11.3 Å². The zero-order valence-corrected chi connectivity index (χ0v) is 13.4. The third kappa shape index (κ3) is 3.96. The van der Waals surface area contributed by atoms with Gasteiger partial charge in [0, 0.05) is 36.7 Å². The van der Waals surface area contributed by atoms with Crippen molar-refractivity contribution in [2.24, 2.45) is 0 Å². The molecule has 3 rings (SSSR count). The van der Waals surface area contributed by atoms with E-state index in [4.69, 9.17) is 0 Å². The molecule has 110 valence electrons. The quantitative estimate of drug-likeness (QED) is 0.848. The van der Waals surface area contributed by atoms with Gasteiger partial charge < -0.3 is 9.80 Å². The van der Waals surface area contributed by atoms with Gasteiger partial charge in [-0.25, -0.2) is 0 Å². The number of nitrogens with zero attached hydrogens (tertiary/aromatic N) is 2. The first-order valence-electron chi connectivity index (χ1n) is 7.54. The SMILES string of the molecule is CN1CCN(c2ccc(CC=Cc3cccs3)cc2)CC1. The summed E-state index contributed by atoms with van der Waals surface area (Å²) in [5, 5.41) is 2.12. The van der Waals surface area contributed by atoms with Crippen LogP contribution in [0.5, 0.6) is 0 Å². The molecular weight excluding hydrogens is 276 g/mol. The Hall–Kier alpha value is -1.58. The molecule has 2 aromatic rings. The number of piperazine rings is 1. The Morgan fingerprint density at radius 1 is 1.05 bits per heavy atom. The maximum absolute atomic E-state index is 2.48. The summed E-state index contributed by atoms with van der Waals surface area (Å²) in [7, 11) is 2.19. The van der Waals surface area contributed by atoms with E-state index in [1.165, 1.54) is 16.1 Å². The minimum atomic E-state index is 1.00. The van der Waals surface area contributed by atoms with E-state index < -0.39 is 0 Å². The molecule has 3 heteroatoms. The van der Waals surface area contributed by atoms with Crippen LogP contribution < -0.4 is 4.90 Å². The molecule has 1 aliphatic rings. The van der Waals surface area contributed by atoms with Crippen LogP contribution in [0.3, 0.4) is 0 Å². The normalized spacial score (nSPS) is 16.7. The summed E-state index contributed by atoms with van der Waals surface area (Å²) in [6.45, 7) is 4.58. The molecule has 2 heterocycles. The number of rotatable bonds is 4. The van der Waals surface area contributed by atoms with Crippen molar-refractivity contribution in [3.05, 3.63) is 58.3 Å². The number of benzene rings is 1. The van der Waals surface area contributed by atoms with Crippen LogP contribution in [0.4, 0.5) is 5.69 Å². The maximum atomic E-state index is 2.48. The summed E-state index contributed by atoms with van der Waals surface area (Å²) >= 11 is 1.78. The molecule has 1 aromatic heterocycles. The van der Waals surface area contributed by atoms with E-state index in [0.717, 1.165) is 32.6 Å². The van der Waals surface area contributed by atoms with Gasteiger partial charge in [-0.2, -0.15) is 0 Å². The first kappa shape index (κ1) is 14.4. The van der Waals surface area contributed by atoms with Crippen molar-refractivity contribution < 1.29 is 0 Å². The highest BCUT2D eigenvalue weighted by Gasteiger charge is 2.13. The first-order chi connectivity index (χ1) is 10.3. The lowest BCUT2D eigenvalue weighted by Crippen LogP contribution is -2.44. The summed E-state index contributed by atoms with van der Waals surface area (Å²) in [6.07, 6.45) is 5.46. The highest BCUT2D eigenvalue weighted by atomic mass is 32.1. The molecule has 1 aliphatic heterocycles. The fraction of sp³-hybridized carbons (Fsp3) is 0.333. The molecule has 1 saturated heterocycles. The van der Waals surface area contributed by atoms with Crippen molar-refractivity contribution in [3.63, 3.8) is 0 Å². The highest BCUT2D eigenvalue weighted by Crippen LogP contribution is 2.18. The Balaban J connectivity index is 1.56. The van der Waals surface area contributed by atoms with Crippen molar-refractivity contribution in [1.29, 1.82) is 0 Å². The second-order valence-electron chi connectivity index (χ2n) is 5.58. The Labute approximate surface area is 131 Å². The Morgan fingerprint density at radius 2 is 1.81 bits per heavy atom. The van der Waals surface area contributed by atoms with Crippen molar-refractivity contribution in [2.45, 2.75) is 6.42 Å². The van der Waals surface area contributed by atoms with Gasteiger partial charge in [-0.1, -0.05) is 24.3 Å². The number of thiophene rings is 1. The van der Waals surface area contributed by atoms with Crippen molar-refractivity contribution in [2.75, 3.05) is 38.1 Å². The maximum Gasteiger partial charge on any atom is 0.0367 e. The molecule has 0 bridgehead atoms. The second-order valence-corrected chi connectivity index (χ2v) is 6.56. The minimum absolute atomic E-state index is 1.00. The van der Waals surface area contributed by atoms with E-state index in [1.54, 1.807) is 11.3 Å². The van der Waals surface area contributed by atoms with E-state index in [2.05, 4.69) is 70.8 Å². The molecule has 0 saturated carbocycles. The highest BCUT2D eigenvalue weighted by molar-refractivity contribution is 7.10. The summed E-state index contributed by atoms with van der Waals surface area (Å²) in [5.74, 6) is 0. The first-order valence-corrected chi connectivity index (χ1v) is 8.42. The van der Waals surface area contributed by atoms with E-state index in [9.17, 15) is 0 Å². The lowest BCUT2D eigenvalue weighted by atomic mass is 10.1. The van der Waals surface area contributed by atoms with Gasteiger partial charge in [0.2, 0.25) is 0 Å². The predicted octanol–water partition coefficient (Wildman–Crippen LogP) is 3.76. The number of allylic oxidation sites excluding steroid dienone is 1. The lowest BCUT2D eigenvalue weighted by Gasteiger charge is -2.34. The zero-order chi connectivity index (χ0) is 14.5. The standard InChI is InChI=1S/C18H22N2S/c1-19-11-13-20(14-12-19)17-9-7-16(8-10-17)4-2-5-18-6-3-15-21-18/h2-3,5-10,15H,4,11-14H2,1H3. The van der Waals surface area contributed by atoms with Gasteiger partial charge >= 0.3 is 0 Å². The largest absolute Gasteiger partial charge is 0.369 e. The van der Waals surface area contributed by atoms with Gasteiger partial charge in [-0.3, -0.25) is 0 Å². The third-order valence-electron chi connectivity index (χ3n) is 3.98. The summed E-state index contributed by atoms with van der Waals surface area (Å²) < 4.78 is 0. The van der Waals surface area contributed by atoms with Crippen molar-refractivity contribution >= 4 is 23.1 Å².